The maximum atomic E-state index is 5.61. The van der Waals surface area contributed by atoms with E-state index in [9.17, 15) is 0 Å². The topological polar surface area (TPSA) is 81.1 Å². The molecule has 14 heavy (non-hydrogen) atoms. The molecule has 0 bridgehead atoms. The highest BCUT2D eigenvalue weighted by Crippen LogP contribution is 1.82. The van der Waals surface area contributed by atoms with E-state index in [1.54, 1.807) is 17.1 Å². The number of rotatable bonds is 4. The molecule has 1 aromatic rings. The molecule has 1 aromatic heterocycles. The number of hydrogen-bond acceptors (Lipinski definition) is 3. The molecular weight excluding hydrogens is 180 g/mol. The van der Waals surface area contributed by atoms with Gasteiger partial charge in [0, 0.05) is 12.2 Å². The van der Waals surface area contributed by atoms with Crippen LogP contribution in [0.4, 0.5) is 0 Å². The van der Waals surface area contributed by atoms with Gasteiger partial charge in [0.05, 0.1) is 19.3 Å². The molecule has 0 aliphatic heterocycles. The van der Waals surface area contributed by atoms with E-state index in [2.05, 4.69) is 20.6 Å². The lowest BCUT2D eigenvalue weighted by Gasteiger charge is -2.08. The van der Waals surface area contributed by atoms with Crippen LogP contribution in [0, 0.1) is 0 Å². The van der Waals surface area contributed by atoms with Gasteiger partial charge in [0.15, 0.2) is 5.96 Å². The van der Waals surface area contributed by atoms with Crippen LogP contribution in [-0.4, -0.2) is 33.5 Å². The predicted molar refractivity (Wildman–Crippen MR) is 54.8 cm³/mol. The Kier molecular flexibility index (Phi) is 3.90. The molecule has 0 spiro atoms. The molecule has 0 aliphatic rings. The fraction of sp³-hybridized carbons (Fsp3) is 0.625. The Morgan fingerprint density at radius 1 is 1.64 bits per heavy atom. The van der Waals surface area contributed by atoms with Crippen LogP contribution in [0.15, 0.2) is 17.4 Å². The predicted octanol–water partition coefficient (Wildman–Crippen LogP) is -0.409. The first-order chi connectivity index (χ1) is 6.68. The molecule has 0 amide bonds. The van der Waals surface area contributed by atoms with Gasteiger partial charge in [-0.05, 0) is 13.8 Å². The molecule has 0 aliphatic carbocycles. The minimum Gasteiger partial charge on any atom is -0.370 e. The largest absolute Gasteiger partial charge is 0.370 e. The average molecular weight is 196 g/mol. The number of nitrogens with zero attached hydrogens (tertiary/aromatic N) is 4. The molecule has 0 fully saturated rings. The maximum absolute atomic E-state index is 5.61. The maximum Gasteiger partial charge on any atom is 0.188 e. The molecule has 78 valence electrons. The van der Waals surface area contributed by atoms with E-state index >= 15 is 0 Å². The van der Waals surface area contributed by atoms with Crippen molar-refractivity contribution < 1.29 is 0 Å². The van der Waals surface area contributed by atoms with Crippen molar-refractivity contribution >= 4 is 5.96 Å². The highest BCUT2D eigenvalue weighted by atomic mass is 15.4. The van der Waals surface area contributed by atoms with E-state index in [0.29, 0.717) is 25.1 Å². The van der Waals surface area contributed by atoms with Gasteiger partial charge in [0.2, 0.25) is 0 Å². The summed E-state index contributed by atoms with van der Waals surface area (Å²) >= 11 is 0. The summed E-state index contributed by atoms with van der Waals surface area (Å²) in [7, 11) is 0. The van der Waals surface area contributed by atoms with Crippen LogP contribution in [0.25, 0.3) is 0 Å². The van der Waals surface area contributed by atoms with Crippen molar-refractivity contribution in [2.45, 2.75) is 26.4 Å². The fourth-order valence-electron chi connectivity index (χ4n) is 0.966. The average Bonchev–Trinajstić information content (AvgIpc) is 2.55. The highest BCUT2D eigenvalue weighted by molar-refractivity contribution is 5.77. The summed E-state index contributed by atoms with van der Waals surface area (Å²) in [6.45, 7) is 5.33. The normalized spacial score (nSPS) is 12.1. The van der Waals surface area contributed by atoms with Crippen molar-refractivity contribution in [2.24, 2.45) is 10.7 Å². The lowest BCUT2D eigenvalue weighted by Crippen LogP contribution is -2.37. The standard InChI is InChI=1S/C8H16N6/c1-7(2)12-8(9)10-3-5-14-6-4-11-13-14/h4,6-7H,3,5H2,1-2H3,(H3,9,10,12). The molecule has 1 rings (SSSR count). The first-order valence-corrected chi connectivity index (χ1v) is 4.59. The van der Waals surface area contributed by atoms with E-state index in [-0.39, 0.29) is 0 Å². The first-order valence-electron chi connectivity index (χ1n) is 4.59. The van der Waals surface area contributed by atoms with Crippen LogP contribution in [0.2, 0.25) is 0 Å². The summed E-state index contributed by atoms with van der Waals surface area (Å²) in [6.07, 6.45) is 3.43. The third-order valence-corrected chi connectivity index (χ3v) is 1.52. The minimum atomic E-state index is 0.310. The Hall–Kier alpha value is -1.59. The molecule has 6 heteroatoms. The van der Waals surface area contributed by atoms with Gasteiger partial charge >= 0.3 is 0 Å². The van der Waals surface area contributed by atoms with Gasteiger partial charge in [-0.1, -0.05) is 5.21 Å². The zero-order chi connectivity index (χ0) is 10.4. The molecule has 0 saturated carbocycles. The van der Waals surface area contributed by atoms with Gasteiger partial charge in [0.25, 0.3) is 0 Å². The molecule has 3 N–H and O–H groups in total. The summed E-state index contributed by atoms with van der Waals surface area (Å²) in [4.78, 5) is 4.13. The number of guanidine groups is 1. The number of hydrogen-bond donors (Lipinski definition) is 2. The van der Waals surface area contributed by atoms with Crippen molar-refractivity contribution in [3.8, 4) is 0 Å². The van der Waals surface area contributed by atoms with Crippen molar-refractivity contribution in [1.29, 1.82) is 0 Å². The van der Waals surface area contributed by atoms with Crippen LogP contribution in [0.5, 0.6) is 0 Å². The second-order valence-electron chi connectivity index (χ2n) is 3.23. The molecule has 0 atom stereocenters. The summed E-state index contributed by atoms with van der Waals surface area (Å²) < 4.78 is 1.71. The zero-order valence-electron chi connectivity index (χ0n) is 8.51. The monoisotopic (exact) mass is 196 g/mol. The number of nitrogens with two attached hydrogens (primary N) is 1. The SMILES string of the molecule is CC(C)NC(N)=NCCn1ccnn1. The van der Waals surface area contributed by atoms with Gasteiger partial charge in [-0.25, -0.2) is 0 Å². The second kappa shape index (κ2) is 5.21. The Bertz CT molecular complexity index is 276. The van der Waals surface area contributed by atoms with E-state index < -0.39 is 0 Å². The Balaban J connectivity index is 2.26. The second-order valence-corrected chi connectivity index (χ2v) is 3.23. The molecule has 0 radical (unpaired) electrons. The number of aliphatic imine (C=N–C) groups is 1. The van der Waals surface area contributed by atoms with Crippen LogP contribution >= 0.6 is 0 Å². The van der Waals surface area contributed by atoms with Crippen molar-refractivity contribution in [3.05, 3.63) is 12.4 Å². The summed E-state index contributed by atoms with van der Waals surface area (Å²) in [5.74, 6) is 0.472. The van der Waals surface area contributed by atoms with Crippen LogP contribution in [0.1, 0.15) is 13.8 Å². The number of nitrogens with one attached hydrogen (secondary N) is 1. The van der Waals surface area contributed by atoms with Gasteiger partial charge in [-0.15, -0.1) is 5.10 Å². The minimum absolute atomic E-state index is 0.310. The molecule has 0 saturated heterocycles. The molecular formula is C8H16N6. The lowest BCUT2D eigenvalue weighted by atomic mass is 10.4. The molecule has 0 aromatic carbocycles. The van der Waals surface area contributed by atoms with E-state index in [1.807, 2.05) is 13.8 Å². The van der Waals surface area contributed by atoms with Gasteiger partial charge in [0.1, 0.15) is 0 Å². The van der Waals surface area contributed by atoms with E-state index in [1.165, 1.54) is 0 Å². The van der Waals surface area contributed by atoms with Gasteiger partial charge < -0.3 is 11.1 Å². The highest BCUT2D eigenvalue weighted by Gasteiger charge is 1.94. The van der Waals surface area contributed by atoms with Crippen molar-refractivity contribution in [1.82, 2.24) is 20.3 Å². The molecule has 0 unspecified atom stereocenters. The fourth-order valence-corrected chi connectivity index (χ4v) is 0.966. The number of aromatic nitrogens is 3. The van der Waals surface area contributed by atoms with Crippen LogP contribution in [-0.2, 0) is 6.54 Å². The lowest BCUT2D eigenvalue weighted by molar-refractivity contribution is 0.596. The quantitative estimate of drug-likeness (QED) is 0.506. The Morgan fingerprint density at radius 2 is 2.43 bits per heavy atom. The molecule has 1 heterocycles. The summed E-state index contributed by atoms with van der Waals surface area (Å²) in [5.41, 5.74) is 5.61. The zero-order valence-corrected chi connectivity index (χ0v) is 8.51. The van der Waals surface area contributed by atoms with Gasteiger partial charge in [-0.3, -0.25) is 9.67 Å². The van der Waals surface area contributed by atoms with Crippen molar-refractivity contribution in [2.75, 3.05) is 6.54 Å². The van der Waals surface area contributed by atoms with Gasteiger partial charge in [-0.2, -0.15) is 0 Å². The van der Waals surface area contributed by atoms with E-state index in [0.717, 1.165) is 0 Å². The van der Waals surface area contributed by atoms with E-state index in [4.69, 9.17) is 5.73 Å². The smallest absolute Gasteiger partial charge is 0.188 e. The third-order valence-electron chi connectivity index (χ3n) is 1.52. The first kappa shape index (κ1) is 10.5. The van der Waals surface area contributed by atoms with Crippen LogP contribution in [0.3, 0.4) is 0 Å². The summed E-state index contributed by atoms with van der Waals surface area (Å²) in [6, 6.07) is 0.310. The van der Waals surface area contributed by atoms with Crippen LogP contribution < -0.4 is 11.1 Å². The summed E-state index contributed by atoms with van der Waals surface area (Å²) in [5, 5.41) is 10.5. The van der Waals surface area contributed by atoms with Crippen molar-refractivity contribution in [3.63, 3.8) is 0 Å². The Morgan fingerprint density at radius 3 is 3.00 bits per heavy atom. The third kappa shape index (κ3) is 3.88. The Labute approximate surface area is 83.2 Å². The molecule has 6 nitrogen and oxygen atoms in total.